The lowest BCUT2D eigenvalue weighted by Gasteiger charge is -2.19. The van der Waals surface area contributed by atoms with Crippen LogP contribution in [-0.4, -0.2) is 31.2 Å². The van der Waals surface area contributed by atoms with E-state index in [4.69, 9.17) is 10.5 Å². The summed E-state index contributed by atoms with van der Waals surface area (Å²) in [5.41, 5.74) is 6.54. The third-order valence-electron chi connectivity index (χ3n) is 4.36. The summed E-state index contributed by atoms with van der Waals surface area (Å²) in [6.07, 6.45) is 5.67. The molecule has 2 saturated heterocycles. The van der Waals surface area contributed by atoms with Crippen molar-refractivity contribution >= 4 is 10.0 Å². The van der Waals surface area contributed by atoms with Crippen molar-refractivity contribution in [3.05, 3.63) is 18.0 Å². The fraction of sp³-hybridized carbons (Fsp3) is 0.714. The largest absolute Gasteiger partial charge is 0.373 e. The van der Waals surface area contributed by atoms with Crippen molar-refractivity contribution in [2.75, 3.05) is 0 Å². The Labute approximate surface area is 125 Å². The summed E-state index contributed by atoms with van der Waals surface area (Å²) in [7, 11) is -3.50. The van der Waals surface area contributed by atoms with Gasteiger partial charge in [-0.2, -0.15) is 0 Å². The van der Waals surface area contributed by atoms with Gasteiger partial charge in [0.25, 0.3) is 0 Å². The highest BCUT2D eigenvalue weighted by atomic mass is 32.2. The van der Waals surface area contributed by atoms with E-state index in [1.807, 2.05) is 4.57 Å². The Morgan fingerprint density at radius 2 is 2.29 bits per heavy atom. The Balaban J connectivity index is 1.78. The maximum Gasteiger partial charge on any atom is 0.242 e. The van der Waals surface area contributed by atoms with E-state index in [0.29, 0.717) is 11.4 Å². The Hall–Kier alpha value is -0.890. The number of hydrogen-bond acceptors (Lipinski definition) is 4. The van der Waals surface area contributed by atoms with E-state index in [2.05, 4.69) is 11.6 Å². The molecule has 2 fully saturated rings. The Bertz CT molecular complexity index is 611. The van der Waals surface area contributed by atoms with Crippen LogP contribution in [0.3, 0.4) is 0 Å². The Kier molecular flexibility index (Phi) is 4.09. The van der Waals surface area contributed by atoms with Gasteiger partial charge in [0.2, 0.25) is 10.0 Å². The lowest BCUT2D eigenvalue weighted by molar-refractivity contribution is 0.0996. The standard InChI is InChI=1S/C14H23N3O3S/c1-2-5-17-9-12(6-10(17)8-15)21(18,19)16-13-7-11-3-4-14(13)20-11/h6,9,11,13-14,16H,2-5,7-8,15H2,1H3. The van der Waals surface area contributed by atoms with Crippen molar-refractivity contribution in [2.24, 2.45) is 5.73 Å². The minimum absolute atomic E-state index is 0.0384. The van der Waals surface area contributed by atoms with Crippen molar-refractivity contribution in [3.8, 4) is 0 Å². The van der Waals surface area contributed by atoms with Crippen molar-refractivity contribution in [1.82, 2.24) is 9.29 Å². The number of nitrogens with one attached hydrogen (secondary N) is 1. The quantitative estimate of drug-likeness (QED) is 0.819. The zero-order valence-electron chi connectivity index (χ0n) is 12.3. The van der Waals surface area contributed by atoms with Crippen molar-refractivity contribution in [2.45, 2.75) is 68.8 Å². The Morgan fingerprint density at radius 1 is 1.48 bits per heavy atom. The first kappa shape index (κ1) is 15.0. The van der Waals surface area contributed by atoms with Gasteiger partial charge in [0, 0.05) is 25.0 Å². The van der Waals surface area contributed by atoms with Gasteiger partial charge in [0.1, 0.15) is 0 Å². The number of nitrogens with two attached hydrogens (primary N) is 1. The van der Waals surface area contributed by atoms with E-state index in [1.54, 1.807) is 12.3 Å². The number of aryl methyl sites for hydroxylation is 1. The first-order chi connectivity index (χ1) is 10.0. The van der Waals surface area contributed by atoms with Gasteiger partial charge in [-0.1, -0.05) is 6.92 Å². The molecule has 3 N–H and O–H groups in total. The van der Waals surface area contributed by atoms with Crippen molar-refractivity contribution < 1.29 is 13.2 Å². The Morgan fingerprint density at radius 3 is 2.86 bits per heavy atom. The molecule has 2 bridgehead atoms. The normalized spacial score (nSPS) is 28.4. The molecular formula is C14H23N3O3S. The summed E-state index contributed by atoms with van der Waals surface area (Å²) in [6.45, 7) is 3.17. The molecular weight excluding hydrogens is 290 g/mol. The zero-order chi connectivity index (χ0) is 15.0. The summed E-state index contributed by atoms with van der Waals surface area (Å²) >= 11 is 0. The number of ether oxygens (including phenoxy) is 1. The molecule has 0 amide bonds. The molecule has 0 aromatic carbocycles. The average molecular weight is 313 g/mol. The number of nitrogens with zero attached hydrogens (tertiary/aromatic N) is 1. The molecule has 3 atom stereocenters. The summed E-state index contributed by atoms with van der Waals surface area (Å²) in [5, 5.41) is 0. The van der Waals surface area contributed by atoms with Gasteiger partial charge in [-0.25, -0.2) is 13.1 Å². The number of hydrogen-bond donors (Lipinski definition) is 2. The van der Waals surface area contributed by atoms with E-state index >= 15 is 0 Å². The fourth-order valence-corrected chi connectivity index (χ4v) is 4.66. The molecule has 0 spiro atoms. The third-order valence-corrected chi connectivity index (χ3v) is 5.81. The molecule has 3 heterocycles. The second-order valence-electron chi connectivity index (χ2n) is 5.90. The van der Waals surface area contributed by atoms with E-state index in [1.165, 1.54) is 0 Å². The highest BCUT2D eigenvalue weighted by Gasteiger charge is 2.42. The van der Waals surface area contributed by atoms with Crippen LogP contribution in [0.4, 0.5) is 0 Å². The first-order valence-electron chi connectivity index (χ1n) is 7.60. The van der Waals surface area contributed by atoms with Crippen molar-refractivity contribution in [1.29, 1.82) is 0 Å². The third kappa shape index (κ3) is 2.88. The van der Waals surface area contributed by atoms with Crippen LogP contribution < -0.4 is 10.5 Å². The molecule has 2 aliphatic rings. The van der Waals surface area contributed by atoms with Crippen LogP contribution >= 0.6 is 0 Å². The van der Waals surface area contributed by atoms with E-state index < -0.39 is 10.0 Å². The average Bonchev–Trinajstić information content (AvgIpc) is 3.13. The van der Waals surface area contributed by atoms with E-state index in [0.717, 1.165) is 37.9 Å². The predicted octanol–water partition coefficient (Wildman–Crippen LogP) is 0.955. The summed E-state index contributed by atoms with van der Waals surface area (Å²) < 4.78 is 35.5. The van der Waals surface area contributed by atoms with Crippen LogP contribution in [0.25, 0.3) is 0 Å². The van der Waals surface area contributed by atoms with E-state index in [9.17, 15) is 8.42 Å². The van der Waals surface area contributed by atoms with Gasteiger partial charge in [0.05, 0.1) is 23.1 Å². The molecule has 1 aromatic heterocycles. The highest BCUT2D eigenvalue weighted by Crippen LogP contribution is 2.35. The molecule has 1 aromatic rings. The van der Waals surface area contributed by atoms with Gasteiger partial charge in [-0.15, -0.1) is 0 Å². The maximum atomic E-state index is 12.5. The first-order valence-corrected chi connectivity index (χ1v) is 9.08. The van der Waals surface area contributed by atoms with Gasteiger partial charge < -0.3 is 15.0 Å². The monoisotopic (exact) mass is 313 g/mol. The topological polar surface area (TPSA) is 86.3 Å². The minimum atomic E-state index is -3.50. The maximum absolute atomic E-state index is 12.5. The van der Waals surface area contributed by atoms with Crippen LogP contribution in [-0.2, 0) is 27.8 Å². The van der Waals surface area contributed by atoms with Gasteiger partial charge >= 0.3 is 0 Å². The molecule has 2 aliphatic heterocycles. The number of rotatable bonds is 6. The SMILES string of the molecule is CCCn1cc(S(=O)(=O)NC2CC3CCC2O3)cc1CN. The summed E-state index contributed by atoms with van der Waals surface area (Å²) in [6, 6.07) is 1.58. The number of aromatic nitrogens is 1. The number of sulfonamides is 1. The van der Waals surface area contributed by atoms with Gasteiger partial charge in [-0.3, -0.25) is 0 Å². The molecule has 21 heavy (non-hydrogen) atoms. The molecule has 0 saturated carbocycles. The van der Waals surface area contributed by atoms with Crippen LogP contribution in [0, 0.1) is 0 Å². The number of fused-ring (bicyclic) bond motifs is 2. The molecule has 6 nitrogen and oxygen atoms in total. The smallest absolute Gasteiger partial charge is 0.242 e. The zero-order valence-corrected chi connectivity index (χ0v) is 13.1. The van der Waals surface area contributed by atoms with Gasteiger partial charge in [-0.05, 0) is 31.7 Å². The summed E-state index contributed by atoms with van der Waals surface area (Å²) in [4.78, 5) is 0.305. The second kappa shape index (κ2) is 5.72. The lowest BCUT2D eigenvalue weighted by Crippen LogP contribution is -2.41. The van der Waals surface area contributed by atoms with Crippen LogP contribution in [0.1, 0.15) is 38.3 Å². The fourth-order valence-electron chi connectivity index (χ4n) is 3.32. The van der Waals surface area contributed by atoms with Gasteiger partial charge in [0.15, 0.2) is 0 Å². The molecule has 118 valence electrons. The predicted molar refractivity (Wildman–Crippen MR) is 79.2 cm³/mol. The second-order valence-corrected chi connectivity index (χ2v) is 7.62. The van der Waals surface area contributed by atoms with Crippen molar-refractivity contribution in [3.63, 3.8) is 0 Å². The molecule has 3 rings (SSSR count). The van der Waals surface area contributed by atoms with E-state index in [-0.39, 0.29) is 18.2 Å². The molecule has 0 aliphatic carbocycles. The molecule has 3 unspecified atom stereocenters. The highest BCUT2D eigenvalue weighted by molar-refractivity contribution is 7.89. The minimum Gasteiger partial charge on any atom is -0.373 e. The van der Waals surface area contributed by atoms with Crippen LogP contribution in [0.5, 0.6) is 0 Å². The molecule has 0 radical (unpaired) electrons. The molecule has 7 heteroatoms. The van der Waals surface area contributed by atoms with Crippen LogP contribution in [0.15, 0.2) is 17.2 Å². The summed E-state index contributed by atoms with van der Waals surface area (Å²) in [5.74, 6) is 0. The van der Waals surface area contributed by atoms with Crippen LogP contribution in [0.2, 0.25) is 0 Å². The lowest BCUT2D eigenvalue weighted by atomic mass is 9.96.